The Morgan fingerprint density at radius 2 is 2.15 bits per heavy atom. The molecule has 0 bridgehead atoms. The number of thiophene rings is 1. The van der Waals surface area contributed by atoms with Crippen molar-refractivity contribution in [3.05, 3.63) is 54.9 Å². The molecule has 2 atom stereocenters. The molecule has 2 unspecified atom stereocenters. The zero-order chi connectivity index (χ0) is 14.9. The van der Waals surface area contributed by atoms with Crippen molar-refractivity contribution in [2.24, 2.45) is 5.73 Å². The molecule has 0 aliphatic rings. The van der Waals surface area contributed by atoms with Crippen molar-refractivity contribution in [1.29, 1.82) is 0 Å². The van der Waals surface area contributed by atoms with Gasteiger partial charge in [-0.2, -0.15) is 0 Å². The molecule has 2 aromatic rings. The van der Waals surface area contributed by atoms with Crippen molar-refractivity contribution < 1.29 is 9.50 Å². The van der Waals surface area contributed by atoms with Crippen molar-refractivity contribution >= 4 is 38.9 Å². The first-order valence-electron chi connectivity index (χ1n) is 6.03. The lowest BCUT2D eigenvalue weighted by Gasteiger charge is -2.22. The summed E-state index contributed by atoms with van der Waals surface area (Å²) in [6, 6.07) is 6.06. The maximum absolute atomic E-state index is 13.1. The highest BCUT2D eigenvalue weighted by molar-refractivity contribution is 9.11. The van der Waals surface area contributed by atoms with Gasteiger partial charge in [-0.05, 0) is 52.2 Å². The van der Waals surface area contributed by atoms with Crippen LogP contribution in [0.4, 0.5) is 4.39 Å². The van der Waals surface area contributed by atoms with Gasteiger partial charge in [-0.3, -0.25) is 0 Å². The summed E-state index contributed by atoms with van der Waals surface area (Å²) in [6.45, 7) is 2.18. The number of aliphatic hydroxyl groups excluding tert-OH is 1. The Kier molecular flexibility index (Phi) is 5.20. The molecule has 2 nitrogen and oxygen atoms in total. The van der Waals surface area contributed by atoms with E-state index in [1.54, 1.807) is 6.07 Å². The number of aliphatic hydroxyl groups is 1. The second kappa shape index (κ2) is 6.54. The summed E-state index contributed by atoms with van der Waals surface area (Å²) >= 11 is 11.0. The highest BCUT2D eigenvalue weighted by Crippen LogP contribution is 2.39. The topological polar surface area (TPSA) is 46.2 Å². The summed E-state index contributed by atoms with van der Waals surface area (Å²) in [6.07, 6.45) is -0.766. The van der Waals surface area contributed by atoms with E-state index in [1.807, 2.05) is 13.0 Å². The first-order chi connectivity index (χ1) is 9.43. The van der Waals surface area contributed by atoms with E-state index < -0.39 is 11.9 Å². The van der Waals surface area contributed by atoms with Crippen molar-refractivity contribution in [2.75, 3.05) is 6.54 Å². The summed E-state index contributed by atoms with van der Waals surface area (Å²) in [5.41, 5.74) is 7.49. The lowest BCUT2D eigenvalue weighted by molar-refractivity contribution is 0.151. The molecule has 0 spiro atoms. The van der Waals surface area contributed by atoms with E-state index in [2.05, 4.69) is 15.9 Å². The molecule has 0 fully saturated rings. The Balaban J connectivity index is 2.36. The van der Waals surface area contributed by atoms with E-state index in [0.29, 0.717) is 5.56 Å². The average molecular weight is 379 g/mol. The number of aryl methyl sites for hydroxylation is 1. The van der Waals surface area contributed by atoms with E-state index in [0.717, 1.165) is 14.2 Å². The molecule has 0 saturated carbocycles. The van der Waals surface area contributed by atoms with Crippen LogP contribution in [0.2, 0.25) is 5.02 Å². The van der Waals surface area contributed by atoms with Gasteiger partial charge in [0.25, 0.3) is 0 Å². The lowest BCUT2D eigenvalue weighted by Crippen LogP contribution is -2.20. The predicted octanol–water partition coefficient (Wildman–Crippen LogP) is 4.39. The summed E-state index contributed by atoms with van der Waals surface area (Å²) in [5.74, 6) is -0.772. The summed E-state index contributed by atoms with van der Waals surface area (Å²) < 4.78 is 14.1. The summed E-state index contributed by atoms with van der Waals surface area (Å²) in [5, 5.41) is 10.8. The maximum Gasteiger partial charge on any atom is 0.124 e. The van der Waals surface area contributed by atoms with Gasteiger partial charge < -0.3 is 10.8 Å². The Bertz CT molecular complexity index is 600. The van der Waals surface area contributed by atoms with E-state index in [9.17, 15) is 9.50 Å². The molecule has 1 heterocycles. The van der Waals surface area contributed by atoms with Crippen LogP contribution in [-0.4, -0.2) is 11.7 Å². The molecule has 6 heteroatoms. The van der Waals surface area contributed by atoms with Gasteiger partial charge in [-0.15, -0.1) is 11.3 Å². The van der Waals surface area contributed by atoms with Gasteiger partial charge in [-0.1, -0.05) is 17.7 Å². The minimum Gasteiger partial charge on any atom is -0.387 e. The SMILES string of the molecule is Cc1cc(C(O)C(CN)c2ccc(F)cc2Cl)sc1Br. The zero-order valence-electron chi connectivity index (χ0n) is 10.7. The van der Waals surface area contributed by atoms with E-state index in [-0.39, 0.29) is 17.5 Å². The van der Waals surface area contributed by atoms with Gasteiger partial charge in [-0.25, -0.2) is 4.39 Å². The van der Waals surface area contributed by atoms with Gasteiger partial charge >= 0.3 is 0 Å². The fraction of sp³-hybridized carbons (Fsp3) is 0.286. The number of hydrogen-bond donors (Lipinski definition) is 2. The normalized spacial score (nSPS) is 14.3. The van der Waals surface area contributed by atoms with Crippen LogP contribution in [0.5, 0.6) is 0 Å². The Labute approximate surface area is 134 Å². The third-order valence-electron chi connectivity index (χ3n) is 3.16. The van der Waals surface area contributed by atoms with Gasteiger partial charge in [0.05, 0.1) is 9.89 Å². The van der Waals surface area contributed by atoms with E-state index in [1.165, 1.54) is 23.5 Å². The van der Waals surface area contributed by atoms with E-state index in [4.69, 9.17) is 17.3 Å². The van der Waals surface area contributed by atoms with Crippen molar-refractivity contribution in [1.82, 2.24) is 0 Å². The maximum atomic E-state index is 13.1. The van der Waals surface area contributed by atoms with Crippen LogP contribution in [0.3, 0.4) is 0 Å². The molecule has 2 rings (SSSR count). The summed E-state index contributed by atoms with van der Waals surface area (Å²) in [4.78, 5) is 0.810. The van der Waals surface area contributed by atoms with Crippen LogP contribution in [0.25, 0.3) is 0 Å². The highest BCUT2D eigenvalue weighted by Gasteiger charge is 2.25. The molecule has 108 valence electrons. The van der Waals surface area contributed by atoms with Crippen LogP contribution in [-0.2, 0) is 0 Å². The predicted molar refractivity (Wildman–Crippen MR) is 84.9 cm³/mol. The molecular weight excluding hydrogens is 365 g/mol. The van der Waals surface area contributed by atoms with Crippen molar-refractivity contribution in [3.63, 3.8) is 0 Å². The number of nitrogens with two attached hydrogens (primary N) is 1. The zero-order valence-corrected chi connectivity index (χ0v) is 13.9. The van der Waals surface area contributed by atoms with Crippen LogP contribution in [0.1, 0.15) is 28.0 Å². The average Bonchev–Trinajstić information content (AvgIpc) is 2.73. The highest BCUT2D eigenvalue weighted by atomic mass is 79.9. The molecule has 0 radical (unpaired) electrons. The summed E-state index contributed by atoms with van der Waals surface area (Å²) in [7, 11) is 0. The molecule has 0 amide bonds. The Hall–Kier alpha value is -0.460. The standard InChI is InChI=1S/C14H14BrClFNOS/c1-7-4-12(20-14(7)15)13(19)10(6-18)9-3-2-8(17)5-11(9)16/h2-5,10,13,19H,6,18H2,1H3. The molecule has 3 N–H and O–H groups in total. The monoisotopic (exact) mass is 377 g/mol. The molecule has 1 aromatic carbocycles. The Morgan fingerprint density at radius 1 is 1.45 bits per heavy atom. The molecule has 1 aromatic heterocycles. The second-order valence-corrected chi connectivity index (χ2v) is 7.37. The number of halogens is 3. The number of rotatable bonds is 4. The van der Waals surface area contributed by atoms with Crippen LogP contribution in [0, 0.1) is 12.7 Å². The Morgan fingerprint density at radius 3 is 2.65 bits per heavy atom. The lowest BCUT2D eigenvalue weighted by atomic mass is 9.92. The van der Waals surface area contributed by atoms with Gasteiger partial charge in [0, 0.05) is 22.4 Å². The third-order valence-corrected chi connectivity index (χ3v) is 5.70. The van der Waals surface area contributed by atoms with Gasteiger partial charge in [0.1, 0.15) is 5.82 Å². The smallest absolute Gasteiger partial charge is 0.124 e. The quantitative estimate of drug-likeness (QED) is 0.829. The molecule has 0 saturated heterocycles. The van der Waals surface area contributed by atoms with E-state index >= 15 is 0 Å². The van der Waals surface area contributed by atoms with Crippen LogP contribution in [0.15, 0.2) is 28.1 Å². The van der Waals surface area contributed by atoms with Crippen LogP contribution < -0.4 is 5.73 Å². The molecule has 0 aliphatic heterocycles. The van der Waals surface area contributed by atoms with Crippen molar-refractivity contribution in [2.45, 2.75) is 18.9 Å². The molecular formula is C14H14BrClFNOS. The fourth-order valence-corrected chi connectivity index (χ4v) is 3.99. The van der Waals surface area contributed by atoms with Crippen LogP contribution >= 0.6 is 38.9 Å². The van der Waals surface area contributed by atoms with Crippen molar-refractivity contribution in [3.8, 4) is 0 Å². The number of benzene rings is 1. The second-order valence-electron chi connectivity index (χ2n) is 4.56. The fourth-order valence-electron chi connectivity index (χ4n) is 2.06. The van der Waals surface area contributed by atoms with Gasteiger partial charge in [0.15, 0.2) is 0 Å². The molecule has 0 aliphatic carbocycles. The number of hydrogen-bond acceptors (Lipinski definition) is 3. The first kappa shape index (κ1) is 15.9. The minimum absolute atomic E-state index is 0.223. The minimum atomic E-state index is -0.766. The molecule has 20 heavy (non-hydrogen) atoms. The largest absolute Gasteiger partial charge is 0.387 e. The van der Waals surface area contributed by atoms with Gasteiger partial charge in [0.2, 0.25) is 0 Å². The third kappa shape index (κ3) is 3.23. The first-order valence-corrected chi connectivity index (χ1v) is 8.01.